The lowest BCUT2D eigenvalue weighted by molar-refractivity contribution is -0.122. The lowest BCUT2D eigenvalue weighted by atomic mass is 9.86. The Hall–Kier alpha value is -4.52. The number of ether oxygens (including phenoxy) is 2. The number of amides is 1. The summed E-state index contributed by atoms with van der Waals surface area (Å²) in [5.74, 6) is 0.906. The Kier molecular flexibility index (Phi) is 8.90. The second-order valence-corrected chi connectivity index (χ2v) is 11.7. The third kappa shape index (κ3) is 6.77. The van der Waals surface area contributed by atoms with Gasteiger partial charge in [0.1, 0.15) is 6.61 Å². The lowest BCUT2D eigenvalue weighted by Gasteiger charge is -2.36. The summed E-state index contributed by atoms with van der Waals surface area (Å²) in [4.78, 5) is 41.9. The standard InChI is InChI=1S/C30H38N10O3/c1-18-11-36-39-26(18)27-22(30(2,3)4)14-33-28(38-27)37-20-7-9-21(10-8-20)40(25(41)17-42-5)24-16-31-23(15-32-24)19-12-34-29(43-6)35-13-19/h11-16,20-21H,7-10,17H2,1-6H3,(H,36,39)(H,33,37,38). The van der Waals surface area contributed by atoms with Crippen LogP contribution >= 0.6 is 0 Å². The molecule has 0 spiro atoms. The first-order valence-electron chi connectivity index (χ1n) is 14.3. The molecule has 1 amide bonds. The molecule has 5 rings (SSSR count). The minimum Gasteiger partial charge on any atom is -0.467 e. The zero-order chi connectivity index (χ0) is 30.6. The molecule has 0 unspecified atom stereocenters. The van der Waals surface area contributed by atoms with Gasteiger partial charge in [-0.25, -0.2) is 24.9 Å². The van der Waals surface area contributed by atoms with Crippen LogP contribution in [0.1, 0.15) is 57.6 Å². The van der Waals surface area contributed by atoms with Crippen molar-refractivity contribution >= 4 is 17.7 Å². The molecular weight excluding hydrogens is 548 g/mol. The van der Waals surface area contributed by atoms with E-state index in [0.717, 1.165) is 48.2 Å². The number of nitrogens with one attached hydrogen (secondary N) is 2. The van der Waals surface area contributed by atoms with Crippen LogP contribution < -0.4 is 15.0 Å². The number of aromatic nitrogens is 8. The molecule has 0 saturated heterocycles. The summed E-state index contributed by atoms with van der Waals surface area (Å²) in [7, 11) is 3.02. The van der Waals surface area contributed by atoms with Gasteiger partial charge in [0.25, 0.3) is 5.91 Å². The van der Waals surface area contributed by atoms with Gasteiger partial charge in [0.05, 0.1) is 42.8 Å². The van der Waals surface area contributed by atoms with E-state index in [4.69, 9.17) is 14.5 Å². The number of carbonyl (C=O) groups is 1. The molecule has 0 atom stereocenters. The number of anilines is 2. The van der Waals surface area contributed by atoms with E-state index >= 15 is 0 Å². The Balaban J connectivity index is 1.29. The van der Waals surface area contributed by atoms with Crippen molar-refractivity contribution in [1.29, 1.82) is 0 Å². The number of hydrogen-bond acceptors (Lipinski definition) is 11. The van der Waals surface area contributed by atoms with Crippen molar-refractivity contribution < 1.29 is 14.3 Å². The van der Waals surface area contributed by atoms with Gasteiger partial charge in [0, 0.05) is 48.9 Å². The largest absolute Gasteiger partial charge is 0.467 e. The van der Waals surface area contributed by atoms with Gasteiger partial charge in [0.2, 0.25) is 5.95 Å². The van der Waals surface area contributed by atoms with E-state index in [9.17, 15) is 4.79 Å². The summed E-state index contributed by atoms with van der Waals surface area (Å²) in [5.41, 5.74) is 5.00. The molecule has 0 aliphatic heterocycles. The fourth-order valence-electron chi connectivity index (χ4n) is 5.30. The van der Waals surface area contributed by atoms with E-state index in [2.05, 4.69) is 61.2 Å². The topological polar surface area (TPSA) is 157 Å². The van der Waals surface area contributed by atoms with E-state index in [1.54, 1.807) is 35.9 Å². The molecule has 4 aromatic heterocycles. The maximum atomic E-state index is 13.2. The highest BCUT2D eigenvalue weighted by atomic mass is 16.5. The SMILES string of the molecule is COCC(=O)N(c1cnc(-c2cnc(OC)nc2)cn1)C1CCC(Nc2ncc(C(C)(C)C)c(-c3[nH]ncc3C)n2)CC1. The average Bonchev–Trinajstić information content (AvgIpc) is 3.44. The van der Waals surface area contributed by atoms with E-state index in [1.165, 1.54) is 14.2 Å². The third-order valence-electron chi connectivity index (χ3n) is 7.59. The Morgan fingerprint density at radius 3 is 2.30 bits per heavy atom. The zero-order valence-corrected chi connectivity index (χ0v) is 25.5. The van der Waals surface area contributed by atoms with Gasteiger partial charge >= 0.3 is 6.01 Å². The molecule has 13 heteroatoms. The number of aromatic amines is 1. The molecule has 1 saturated carbocycles. The summed E-state index contributed by atoms with van der Waals surface area (Å²) in [5, 5.41) is 10.8. The number of H-pyrrole nitrogens is 1. The maximum absolute atomic E-state index is 13.2. The first-order chi connectivity index (χ1) is 20.7. The van der Waals surface area contributed by atoms with Crippen molar-refractivity contribution in [2.75, 3.05) is 31.0 Å². The maximum Gasteiger partial charge on any atom is 0.316 e. The van der Waals surface area contributed by atoms with Crippen molar-refractivity contribution in [2.45, 2.75) is 70.9 Å². The number of aryl methyl sites for hydroxylation is 1. The van der Waals surface area contributed by atoms with Gasteiger partial charge < -0.3 is 14.8 Å². The number of hydrogen-bond donors (Lipinski definition) is 2. The smallest absolute Gasteiger partial charge is 0.316 e. The summed E-state index contributed by atoms with van der Waals surface area (Å²) in [6.45, 7) is 8.42. The Morgan fingerprint density at radius 1 is 0.977 bits per heavy atom. The molecule has 43 heavy (non-hydrogen) atoms. The predicted molar refractivity (Wildman–Crippen MR) is 162 cm³/mol. The van der Waals surface area contributed by atoms with E-state index in [1.807, 2.05) is 13.1 Å². The number of rotatable bonds is 9. The fourth-order valence-corrected chi connectivity index (χ4v) is 5.30. The molecular formula is C30H38N10O3. The van der Waals surface area contributed by atoms with Crippen LogP contribution in [0.3, 0.4) is 0 Å². The highest BCUT2D eigenvalue weighted by Gasteiger charge is 2.32. The van der Waals surface area contributed by atoms with E-state index < -0.39 is 0 Å². The first kappa shape index (κ1) is 30.0. The minimum absolute atomic E-state index is 0.0439. The van der Waals surface area contributed by atoms with Crippen LogP contribution in [0, 0.1) is 6.92 Å². The zero-order valence-electron chi connectivity index (χ0n) is 25.5. The summed E-state index contributed by atoms with van der Waals surface area (Å²) < 4.78 is 10.2. The highest BCUT2D eigenvalue weighted by Crippen LogP contribution is 2.33. The highest BCUT2D eigenvalue weighted by molar-refractivity contribution is 5.94. The predicted octanol–water partition coefficient (Wildman–Crippen LogP) is 4.13. The van der Waals surface area contributed by atoms with Crippen molar-refractivity contribution in [3.8, 4) is 28.7 Å². The summed E-state index contributed by atoms with van der Waals surface area (Å²) in [6, 6.07) is 0.393. The van der Waals surface area contributed by atoms with Crippen LogP contribution in [-0.2, 0) is 14.9 Å². The minimum atomic E-state index is -0.158. The van der Waals surface area contributed by atoms with E-state index in [-0.39, 0.29) is 36.0 Å². The molecule has 1 aliphatic rings. The van der Waals surface area contributed by atoms with Crippen molar-refractivity contribution in [1.82, 2.24) is 40.1 Å². The van der Waals surface area contributed by atoms with Crippen molar-refractivity contribution in [3.05, 3.63) is 48.3 Å². The monoisotopic (exact) mass is 586 g/mol. The second kappa shape index (κ2) is 12.8. The van der Waals surface area contributed by atoms with Gasteiger partial charge in [0.15, 0.2) is 5.82 Å². The molecule has 0 radical (unpaired) electrons. The molecule has 4 heterocycles. The Labute approximate surface area is 250 Å². The number of carbonyl (C=O) groups excluding carboxylic acids is 1. The normalized spacial score (nSPS) is 17.0. The molecule has 1 aliphatic carbocycles. The fraction of sp³-hybridized carbons (Fsp3) is 0.467. The molecule has 2 N–H and O–H groups in total. The van der Waals surface area contributed by atoms with Gasteiger partial charge in [-0.15, -0.1) is 0 Å². The Bertz CT molecular complexity index is 1530. The molecule has 1 fully saturated rings. The van der Waals surface area contributed by atoms with Crippen molar-refractivity contribution in [2.24, 2.45) is 0 Å². The van der Waals surface area contributed by atoms with Crippen molar-refractivity contribution in [3.63, 3.8) is 0 Å². The molecule has 0 aromatic carbocycles. The third-order valence-corrected chi connectivity index (χ3v) is 7.59. The molecule has 226 valence electrons. The molecule has 13 nitrogen and oxygen atoms in total. The van der Waals surface area contributed by atoms with Crippen LogP contribution in [0.25, 0.3) is 22.6 Å². The van der Waals surface area contributed by atoms with Gasteiger partial charge in [-0.2, -0.15) is 5.10 Å². The average molecular weight is 587 g/mol. The van der Waals surface area contributed by atoms with Gasteiger partial charge in [-0.05, 0) is 43.6 Å². The lowest BCUT2D eigenvalue weighted by Crippen LogP contribution is -2.46. The van der Waals surface area contributed by atoms with E-state index in [0.29, 0.717) is 23.0 Å². The van der Waals surface area contributed by atoms with Crippen LogP contribution in [-0.4, -0.2) is 78.9 Å². The number of nitrogens with zero attached hydrogens (tertiary/aromatic N) is 8. The van der Waals surface area contributed by atoms with Crippen LogP contribution in [0.5, 0.6) is 6.01 Å². The Morgan fingerprint density at radius 2 is 1.72 bits per heavy atom. The summed E-state index contributed by atoms with van der Waals surface area (Å²) in [6.07, 6.45) is 13.4. The molecule has 4 aromatic rings. The van der Waals surface area contributed by atoms with Gasteiger partial charge in [-0.1, -0.05) is 20.8 Å². The first-order valence-corrected chi connectivity index (χ1v) is 14.3. The summed E-state index contributed by atoms with van der Waals surface area (Å²) >= 11 is 0. The van der Waals surface area contributed by atoms with Crippen LogP contribution in [0.2, 0.25) is 0 Å². The van der Waals surface area contributed by atoms with Crippen LogP contribution in [0.15, 0.2) is 37.2 Å². The molecule has 0 bridgehead atoms. The van der Waals surface area contributed by atoms with Gasteiger partial charge in [-0.3, -0.25) is 19.8 Å². The van der Waals surface area contributed by atoms with Crippen LogP contribution in [0.4, 0.5) is 11.8 Å². The quantitative estimate of drug-likeness (QED) is 0.291. The second-order valence-electron chi connectivity index (χ2n) is 11.7. The number of methoxy groups -OCH3 is 2.